The monoisotopic (exact) mass is 394 g/mol. The first-order chi connectivity index (χ1) is 13.5. The highest BCUT2D eigenvalue weighted by molar-refractivity contribution is 7.10. The zero-order valence-electron chi connectivity index (χ0n) is 15.9. The minimum absolute atomic E-state index is 0.234. The van der Waals surface area contributed by atoms with Crippen molar-refractivity contribution in [1.29, 1.82) is 5.41 Å². The van der Waals surface area contributed by atoms with Crippen LogP contribution in [0.15, 0.2) is 37.3 Å². The molecule has 0 fully saturated rings. The molecule has 0 unspecified atom stereocenters. The molecular formula is C19H22N8S. The Morgan fingerprint density at radius 2 is 2.25 bits per heavy atom. The second-order valence-electron chi connectivity index (χ2n) is 6.68. The van der Waals surface area contributed by atoms with Crippen LogP contribution in [-0.2, 0) is 7.05 Å². The number of hydrogen-bond donors (Lipinski definition) is 3. The van der Waals surface area contributed by atoms with Crippen molar-refractivity contribution in [1.82, 2.24) is 29.0 Å². The Morgan fingerprint density at radius 1 is 1.39 bits per heavy atom. The number of rotatable bonds is 5. The Balaban J connectivity index is 1.81. The van der Waals surface area contributed by atoms with Crippen LogP contribution in [-0.4, -0.2) is 36.8 Å². The van der Waals surface area contributed by atoms with E-state index in [0.29, 0.717) is 11.5 Å². The number of nitrogens with zero attached hydrogens (tertiary/aromatic N) is 5. The number of aryl methyl sites for hydroxylation is 2. The Kier molecular flexibility index (Phi) is 4.93. The van der Waals surface area contributed by atoms with Crippen LogP contribution in [0.4, 0.5) is 10.8 Å². The van der Waals surface area contributed by atoms with Gasteiger partial charge in [0, 0.05) is 31.5 Å². The summed E-state index contributed by atoms with van der Waals surface area (Å²) in [6.45, 7) is 7.87. The molecule has 3 aromatic rings. The number of aromatic nitrogens is 5. The SMILES string of the molecule is C=C(c1cnn(C)c1)n1cc(C2=CCNCC2)nc(Nc2cc(C)ns2)c1=N. The summed E-state index contributed by atoms with van der Waals surface area (Å²) in [6, 6.07) is 1.95. The van der Waals surface area contributed by atoms with E-state index in [4.69, 9.17) is 10.4 Å². The van der Waals surface area contributed by atoms with Gasteiger partial charge < -0.3 is 10.6 Å². The largest absolute Gasteiger partial charge is 0.328 e. The van der Waals surface area contributed by atoms with Crippen LogP contribution in [0.1, 0.15) is 23.4 Å². The molecule has 1 aliphatic heterocycles. The van der Waals surface area contributed by atoms with E-state index in [1.807, 2.05) is 32.4 Å². The maximum absolute atomic E-state index is 8.70. The van der Waals surface area contributed by atoms with Crippen molar-refractivity contribution in [3.05, 3.63) is 59.8 Å². The summed E-state index contributed by atoms with van der Waals surface area (Å²) in [5.41, 5.74) is 4.71. The fourth-order valence-electron chi connectivity index (χ4n) is 3.06. The molecule has 0 aliphatic carbocycles. The molecule has 4 heterocycles. The van der Waals surface area contributed by atoms with Crippen molar-refractivity contribution in [2.75, 3.05) is 18.4 Å². The van der Waals surface area contributed by atoms with Gasteiger partial charge >= 0.3 is 0 Å². The molecule has 9 heteroatoms. The molecule has 0 aromatic carbocycles. The van der Waals surface area contributed by atoms with Crippen molar-refractivity contribution in [3.8, 4) is 0 Å². The predicted octanol–water partition coefficient (Wildman–Crippen LogP) is 2.50. The smallest absolute Gasteiger partial charge is 0.175 e. The summed E-state index contributed by atoms with van der Waals surface area (Å²) in [7, 11) is 1.86. The Hall–Kier alpha value is -3.04. The molecule has 144 valence electrons. The molecule has 0 atom stereocenters. The minimum Gasteiger partial charge on any atom is -0.328 e. The first kappa shape index (κ1) is 18.3. The molecule has 3 aromatic heterocycles. The Labute approximate surface area is 166 Å². The molecule has 0 saturated carbocycles. The second-order valence-corrected chi connectivity index (χ2v) is 7.49. The number of anilines is 2. The third-order valence-corrected chi connectivity index (χ3v) is 5.34. The topological polar surface area (TPSA) is 96.4 Å². The fraction of sp³-hybridized carbons (Fsp3) is 0.263. The lowest BCUT2D eigenvalue weighted by atomic mass is 10.1. The van der Waals surface area contributed by atoms with Gasteiger partial charge in [-0.25, -0.2) is 4.98 Å². The molecule has 28 heavy (non-hydrogen) atoms. The van der Waals surface area contributed by atoms with Crippen molar-refractivity contribution in [2.24, 2.45) is 7.05 Å². The van der Waals surface area contributed by atoms with E-state index in [1.54, 1.807) is 15.4 Å². The van der Waals surface area contributed by atoms with Crippen LogP contribution in [0, 0.1) is 12.3 Å². The maximum atomic E-state index is 8.70. The summed E-state index contributed by atoms with van der Waals surface area (Å²) < 4.78 is 7.78. The van der Waals surface area contributed by atoms with Crippen LogP contribution < -0.4 is 16.1 Å². The van der Waals surface area contributed by atoms with Gasteiger partial charge in [-0.1, -0.05) is 12.7 Å². The lowest BCUT2D eigenvalue weighted by molar-refractivity contribution is 0.735. The normalized spacial score (nSPS) is 14.0. The minimum atomic E-state index is 0.234. The quantitative estimate of drug-likeness (QED) is 0.618. The molecule has 0 radical (unpaired) electrons. The van der Waals surface area contributed by atoms with Gasteiger partial charge in [0.1, 0.15) is 5.00 Å². The van der Waals surface area contributed by atoms with Gasteiger partial charge in [-0.15, -0.1) is 0 Å². The lowest BCUT2D eigenvalue weighted by Crippen LogP contribution is -2.26. The van der Waals surface area contributed by atoms with E-state index in [0.717, 1.165) is 47.0 Å². The van der Waals surface area contributed by atoms with Gasteiger partial charge in [0.15, 0.2) is 11.3 Å². The molecule has 3 N–H and O–H groups in total. The van der Waals surface area contributed by atoms with Crippen LogP contribution in [0.5, 0.6) is 0 Å². The highest BCUT2D eigenvalue weighted by Crippen LogP contribution is 2.23. The second kappa shape index (κ2) is 7.53. The van der Waals surface area contributed by atoms with Crippen molar-refractivity contribution >= 4 is 33.6 Å². The summed E-state index contributed by atoms with van der Waals surface area (Å²) >= 11 is 1.35. The average molecular weight is 395 g/mol. The van der Waals surface area contributed by atoms with Crippen molar-refractivity contribution < 1.29 is 0 Å². The van der Waals surface area contributed by atoms with Gasteiger partial charge in [-0.3, -0.25) is 14.7 Å². The third-order valence-electron chi connectivity index (χ3n) is 4.54. The molecule has 0 amide bonds. The Bertz CT molecular complexity index is 1120. The van der Waals surface area contributed by atoms with Crippen molar-refractivity contribution in [2.45, 2.75) is 13.3 Å². The highest BCUT2D eigenvalue weighted by atomic mass is 32.1. The van der Waals surface area contributed by atoms with E-state index in [2.05, 4.69) is 32.8 Å². The van der Waals surface area contributed by atoms with Gasteiger partial charge in [-0.05, 0) is 43.1 Å². The van der Waals surface area contributed by atoms with Crippen molar-refractivity contribution in [3.63, 3.8) is 0 Å². The van der Waals surface area contributed by atoms with Gasteiger partial charge in [0.2, 0.25) is 0 Å². The lowest BCUT2D eigenvalue weighted by Gasteiger charge is -2.18. The zero-order valence-corrected chi connectivity index (χ0v) is 16.7. The molecule has 4 rings (SSSR count). The molecule has 0 bridgehead atoms. The summed E-state index contributed by atoms with van der Waals surface area (Å²) in [4.78, 5) is 4.74. The summed E-state index contributed by atoms with van der Waals surface area (Å²) in [5.74, 6) is 0.477. The third kappa shape index (κ3) is 3.67. The Morgan fingerprint density at radius 3 is 2.89 bits per heavy atom. The predicted molar refractivity (Wildman–Crippen MR) is 111 cm³/mol. The summed E-state index contributed by atoms with van der Waals surface area (Å²) in [5, 5.41) is 20.4. The molecule has 8 nitrogen and oxygen atoms in total. The molecule has 0 saturated heterocycles. The fourth-order valence-corrected chi connectivity index (χ4v) is 3.72. The maximum Gasteiger partial charge on any atom is 0.175 e. The van der Waals surface area contributed by atoms with Crippen LogP contribution in [0.3, 0.4) is 0 Å². The number of hydrogen-bond acceptors (Lipinski definition) is 7. The van der Waals surface area contributed by atoms with Crippen LogP contribution >= 0.6 is 11.5 Å². The van der Waals surface area contributed by atoms with E-state index < -0.39 is 0 Å². The number of nitrogens with one attached hydrogen (secondary N) is 3. The first-order valence-electron chi connectivity index (χ1n) is 8.98. The molecule has 0 spiro atoms. The van der Waals surface area contributed by atoms with Crippen LogP contribution in [0.2, 0.25) is 0 Å². The summed E-state index contributed by atoms with van der Waals surface area (Å²) in [6.07, 6.45) is 8.56. The van der Waals surface area contributed by atoms with E-state index in [9.17, 15) is 0 Å². The van der Waals surface area contributed by atoms with E-state index in [1.165, 1.54) is 11.5 Å². The average Bonchev–Trinajstić information content (AvgIpc) is 3.31. The van der Waals surface area contributed by atoms with Crippen LogP contribution in [0.25, 0.3) is 11.3 Å². The van der Waals surface area contributed by atoms with Gasteiger partial charge in [0.05, 0.1) is 23.3 Å². The van der Waals surface area contributed by atoms with Gasteiger partial charge in [0.25, 0.3) is 0 Å². The highest BCUT2D eigenvalue weighted by Gasteiger charge is 2.15. The molecule has 1 aliphatic rings. The zero-order chi connectivity index (χ0) is 19.7. The van der Waals surface area contributed by atoms with E-state index in [-0.39, 0.29) is 5.49 Å². The standard InChI is InChI=1S/C19H22N8S/c1-12-8-17(28-25-12)24-19-18(20)27(13(2)15-9-22-26(3)10-15)11-16(23-19)14-4-6-21-7-5-14/h4,8-11,20-21H,2,5-7H2,1,3H3,(H,23,24). The van der Waals surface area contributed by atoms with Gasteiger partial charge in [-0.2, -0.15) is 9.47 Å². The molecular weight excluding hydrogens is 372 g/mol. The van der Waals surface area contributed by atoms with E-state index >= 15 is 0 Å². The first-order valence-corrected chi connectivity index (χ1v) is 9.75.